The van der Waals surface area contributed by atoms with Crippen LogP contribution in [0.3, 0.4) is 0 Å². The molecule has 1 aromatic heterocycles. The van der Waals surface area contributed by atoms with Gasteiger partial charge in [-0.1, -0.05) is 12.1 Å². The third-order valence-corrected chi connectivity index (χ3v) is 2.89. The highest BCUT2D eigenvalue weighted by Crippen LogP contribution is 2.34. The predicted molar refractivity (Wildman–Crippen MR) is 80.1 cm³/mol. The van der Waals surface area contributed by atoms with Gasteiger partial charge in [0.2, 0.25) is 0 Å². The van der Waals surface area contributed by atoms with E-state index in [1.807, 2.05) is 19.1 Å². The van der Waals surface area contributed by atoms with E-state index >= 15 is 0 Å². The van der Waals surface area contributed by atoms with E-state index in [0.717, 1.165) is 11.3 Å². The largest absolute Gasteiger partial charge is 0.496 e. The Labute approximate surface area is 117 Å². The van der Waals surface area contributed by atoms with Crippen LogP contribution in [0.2, 0.25) is 0 Å². The van der Waals surface area contributed by atoms with Crippen LogP contribution in [0.4, 0.5) is 10.1 Å². The monoisotopic (exact) mass is 270 g/mol. The first-order valence-corrected chi connectivity index (χ1v) is 6.13. The van der Waals surface area contributed by atoms with E-state index in [2.05, 4.69) is 16.7 Å². The smallest absolute Gasteiger partial charge is 0.149 e. The molecule has 2 aromatic rings. The van der Waals surface area contributed by atoms with E-state index in [-0.39, 0.29) is 5.69 Å². The highest BCUT2D eigenvalue weighted by atomic mass is 19.1. The van der Waals surface area contributed by atoms with Crippen molar-refractivity contribution < 1.29 is 9.13 Å². The number of pyridine rings is 1. The predicted octanol–water partition coefficient (Wildman–Crippen LogP) is 4.26. The van der Waals surface area contributed by atoms with Crippen molar-refractivity contribution in [3.05, 3.63) is 48.0 Å². The quantitative estimate of drug-likeness (QED) is 0.778. The van der Waals surface area contributed by atoms with Crippen molar-refractivity contribution in [1.82, 2.24) is 4.98 Å². The first-order valence-electron chi connectivity index (χ1n) is 6.13. The number of aliphatic imine (C=N–C) groups is 1. The molecule has 0 saturated carbocycles. The molecule has 0 saturated heterocycles. The van der Waals surface area contributed by atoms with Crippen LogP contribution in [0, 0.1) is 5.82 Å². The number of hydrogen-bond donors (Lipinski definition) is 0. The number of halogens is 1. The van der Waals surface area contributed by atoms with Crippen LogP contribution in [-0.4, -0.2) is 18.8 Å². The van der Waals surface area contributed by atoms with Crippen LogP contribution >= 0.6 is 0 Å². The third-order valence-electron chi connectivity index (χ3n) is 2.89. The number of nitrogens with zero attached hydrogens (tertiary/aromatic N) is 2. The first-order chi connectivity index (χ1) is 9.71. The minimum atomic E-state index is -0.421. The summed E-state index contributed by atoms with van der Waals surface area (Å²) >= 11 is 0. The fraction of sp³-hybridized carbons (Fsp3) is 0.125. The molecule has 0 atom stereocenters. The van der Waals surface area contributed by atoms with Gasteiger partial charge < -0.3 is 4.74 Å². The van der Waals surface area contributed by atoms with Crippen LogP contribution in [0.1, 0.15) is 12.6 Å². The van der Waals surface area contributed by atoms with Gasteiger partial charge in [0.15, 0.2) is 0 Å². The normalized spacial score (nSPS) is 10.8. The van der Waals surface area contributed by atoms with Crippen molar-refractivity contribution in [3.63, 3.8) is 0 Å². The van der Waals surface area contributed by atoms with E-state index in [0.29, 0.717) is 11.3 Å². The number of methoxy groups -OCH3 is 1. The van der Waals surface area contributed by atoms with Crippen molar-refractivity contribution in [1.29, 1.82) is 0 Å². The molecule has 0 aliphatic carbocycles. The molecule has 0 aliphatic rings. The summed E-state index contributed by atoms with van der Waals surface area (Å²) < 4.78 is 19.2. The average Bonchev–Trinajstić information content (AvgIpc) is 2.47. The van der Waals surface area contributed by atoms with E-state index in [1.165, 1.54) is 6.07 Å². The lowest BCUT2D eigenvalue weighted by Crippen LogP contribution is -1.94. The average molecular weight is 270 g/mol. The summed E-state index contributed by atoms with van der Waals surface area (Å²) in [6.45, 7) is 5.24. The zero-order chi connectivity index (χ0) is 14.5. The van der Waals surface area contributed by atoms with Crippen LogP contribution in [0.15, 0.2) is 41.5 Å². The second-order valence-corrected chi connectivity index (χ2v) is 4.10. The molecule has 0 amide bonds. The van der Waals surface area contributed by atoms with Crippen LogP contribution < -0.4 is 4.74 Å². The Morgan fingerprint density at radius 3 is 2.75 bits per heavy atom. The minimum absolute atomic E-state index is 0.226. The molecule has 20 heavy (non-hydrogen) atoms. The van der Waals surface area contributed by atoms with Gasteiger partial charge in [0.1, 0.15) is 11.6 Å². The summed E-state index contributed by atoms with van der Waals surface area (Å²) in [5, 5.41) is 0. The lowest BCUT2D eigenvalue weighted by Gasteiger charge is -2.11. The standard InChI is InChI=1S/C16H15FN2O/c1-4-5-14-16(15(20-3)8-9-19-14)11-6-7-13(18-2)12(17)10-11/h4-10H,2H2,1,3H3/b5-4+. The molecule has 1 heterocycles. The Balaban J connectivity index is 2.67. The highest BCUT2D eigenvalue weighted by molar-refractivity contribution is 5.79. The number of hydrogen-bond acceptors (Lipinski definition) is 3. The van der Waals surface area contributed by atoms with Crippen molar-refractivity contribution in [2.45, 2.75) is 6.92 Å². The first kappa shape index (κ1) is 13.9. The number of ether oxygens (including phenoxy) is 1. The maximum Gasteiger partial charge on any atom is 0.149 e. The van der Waals surface area contributed by atoms with E-state index in [9.17, 15) is 4.39 Å². The molecule has 0 aliphatic heterocycles. The number of allylic oxidation sites excluding steroid dienone is 1. The molecule has 102 valence electrons. The lowest BCUT2D eigenvalue weighted by molar-refractivity contribution is 0.416. The fourth-order valence-corrected chi connectivity index (χ4v) is 1.99. The SMILES string of the molecule is C=Nc1ccc(-c2c(OC)ccnc2/C=C/C)cc1F. The lowest BCUT2D eigenvalue weighted by atomic mass is 10.0. The molecule has 3 nitrogen and oxygen atoms in total. The zero-order valence-corrected chi connectivity index (χ0v) is 11.4. The summed E-state index contributed by atoms with van der Waals surface area (Å²) in [6.07, 6.45) is 5.39. The van der Waals surface area contributed by atoms with Crippen molar-refractivity contribution >= 4 is 18.5 Å². The Kier molecular flexibility index (Phi) is 4.25. The van der Waals surface area contributed by atoms with Gasteiger partial charge >= 0.3 is 0 Å². The molecule has 1 aromatic carbocycles. The van der Waals surface area contributed by atoms with E-state index in [1.54, 1.807) is 31.5 Å². The fourth-order valence-electron chi connectivity index (χ4n) is 1.99. The molecule has 0 spiro atoms. The van der Waals surface area contributed by atoms with E-state index in [4.69, 9.17) is 4.74 Å². The van der Waals surface area contributed by atoms with Gasteiger partial charge in [-0.3, -0.25) is 9.98 Å². The number of aromatic nitrogens is 1. The molecule has 0 N–H and O–H groups in total. The van der Waals surface area contributed by atoms with Gasteiger partial charge in [-0.25, -0.2) is 4.39 Å². The molecular formula is C16H15FN2O. The molecule has 2 rings (SSSR count). The maximum atomic E-state index is 13.9. The third kappa shape index (κ3) is 2.59. The molecule has 0 bridgehead atoms. The summed E-state index contributed by atoms with van der Waals surface area (Å²) in [6, 6.07) is 6.53. The van der Waals surface area contributed by atoms with Crippen molar-refractivity contribution in [2.75, 3.05) is 7.11 Å². The van der Waals surface area contributed by atoms with Gasteiger partial charge in [0.25, 0.3) is 0 Å². The molecular weight excluding hydrogens is 255 g/mol. The van der Waals surface area contributed by atoms with Gasteiger partial charge in [0, 0.05) is 11.8 Å². The van der Waals surface area contributed by atoms with Gasteiger partial charge in [-0.2, -0.15) is 0 Å². The number of rotatable bonds is 4. The Bertz CT molecular complexity index is 666. The maximum absolute atomic E-state index is 13.9. The summed E-state index contributed by atoms with van der Waals surface area (Å²) in [7, 11) is 1.58. The van der Waals surface area contributed by atoms with Gasteiger partial charge in [-0.05, 0) is 43.5 Å². The van der Waals surface area contributed by atoms with Crippen molar-refractivity contribution in [3.8, 4) is 16.9 Å². The second-order valence-electron chi connectivity index (χ2n) is 4.10. The summed E-state index contributed by atoms with van der Waals surface area (Å²) in [5.41, 5.74) is 2.39. The highest BCUT2D eigenvalue weighted by Gasteiger charge is 2.13. The Morgan fingerprint density at radius 2 is 2.15 bits per heavy atom. The molecule has 4 heteroatoms. The van der Waals surface area contributed by atoms with Crippen molar-refractivity contribution in [2.24, 2.45) is 4.99 Å². The molecule has 0 fully saturated rings. The number of benzene rings is 1. The van der Waals surface area contributed by atoms with Crippen LogP contribution in [0.25, 0.3) is 17.2 Å². The van der Waals surface area contributed by atoms with Crippen LogP contribution in [0.5, 0.6) is 5.75 Å². The summed E-state index contributed by atoms with van der Waals surface area (Å²) in [5.74, 6) is 0.224. The molecule has 0 radical (unpaired) electrons. The Hall–Kier alpha value is -2.49. The second kappa shape index (κ2) is 6.10. The van der Waals surface area contributed by atoms with Gasteiger partial charge in [-0.15, -0.1) is 0 Å². The minimum Gasteiger partial charge on any atom is -0.496 e. The summed E-state index contributed by atoms with van der Waals surface area (Å²) in [4.78, 5) is 7.92. The molecule has 0 unspecified atom stereocenters. The zero-order valence-electron chi connectivity index (χ0n) is 11.4. The van der Waals surface area contributed by atoms with E-state index < -0.39 is 5.82 Å². The van der Waals surface area contributed by atoms with Gasteiger partial charge in [0.05, 0.1) is 18.5 Å². The Morgan fingerprint density at radius 1 is 1.35 bits per heavy atom. The topological polar surface area (TPSA) is 34.5 Å². The van der Waals surface area contributed by atoms with Crippen LogP contribution in [-0.2, 0) is 0 Å².